The van der Waals surface area contributed by atoms with Gasteiger partial charge in [0.2, 0.25) is 0 Å². The van der Waals surface area contributed by atoms with Crippen LogP contribution < -0.4 is 4.74 Å². The van der Waals surface area contributed by atoms with Crippen LogP contribution in [0.25, 0.3) is 0 Å². The average molecular weight is 481 g/mol. The fraction of sp³-hybridized carbons (Fsp3) is 0.219. The third-order valence-electron chi connectivity index (χ3n) is 6.70. The van der Waals surface area contributed by atoms with Crippen molar-refractivity contribution in [2.24, 2.45) is 0 Å². The molecule has 4 aromatic rings. The molecule has 4 aromatic carbocycles. The van der Waals surface area contributed by atoms with Gasteiger partial charge in [0, 0.05) is 0 Å². The fourth-order valence-corrected chi connectivity index (χ4v) is 4.65. The second kappa shape index (κ2) is 12.2. The van der Waals surface area contributed by atoms with Crippen molar-refractivity contribution in [2.75, 3.05) is 0 Å². The zero-order chi connectivity index (χ0) is 25.2. The van der Waals surface area contributed by atoms with E-state index in [-0.39, 0.29) is 6.42 Å². The summed E-state index contributed by atoms with van der Waals surface area (Å²) in [4.78, 5) is 12.8. The van der Waals surface area contributed by atoms with E-state index >= 15 is 0 Å². The van der Waals surface area contributed by atoms with Crippen molar-refractivity contribution in [1.82, 2.24) is 0 Å². The topological polar surface area (TPSA) is 66.8 Å². The first kappa shape index (κ1) is 25.2. The third-order valence-corrected chi connectivity index (χ3v) is 6.70. The van der Waals surface area contributed by atoms with Crippen molar-refractivity contribution in [3.63, 3.8) is 0 Å². The first-order valence-corrected chi connectivity index (χ1v) is 12.3. The van der Waals surface area contributed by atoms with E-state index in [1.165, 1.54) is 5.56 Å². The predicted octanol–water partition coefficient (Wildman–Crippen LogP) is 6.73. The largest absolute Gasteiger partial charge is 0.489 e. The number of carboxylic acids is 1. The van der Waals surface area contributed by atoms with E-state index in [9.17, 15) is 15.0 Å². The summed E-state index contributed by atoms with van der Waals surface area (Å²) in [6.07, 6.45) is 1.07. The van der Waals surface area contributed by atoms with Crippen molar-refractivity contribution in [2.45, 2.75) is 43.8 Å². The molecule has 0 spiro atoms. The van der Waals surface area contributed by atoms with Crippen molar-refractivity contribution in [1.29, 1.82) is 0 Å². The minimum Gasteiger partial charge on any atom is -0.489 e. The molecule has 0 saturated carbocycles. The smallest absolute Gasteiger partial charge is 0.314 e. The molecule has 0 bridgehead atoms. The lowest BCUT2D eigenvalue weighted by molar-refractivity contribution is -0.145. The van der Waals surface area contributed by atoms with Gasteiger partial charge in [0.05, 0.1) is 11.5 Å². The van der Waals surface area contributed by atoms with E-state index < -0.39 is 17.5 Å². The van der Waals surface area contributed by atoms with Crippen LogP contribution in [0.1, 0.15) is 47.6 Å². The number of carboxylic acid groups (broad SMARTS) is 1. The monoisotopic (exact) mass is 480 g/mol. The van der Waals surface area contributed by atoms with Gasteiger partial charge in [0.1, 0.15) is 12.4 Å². The van der Waals surface area contributed by atoms with Crippen molar-refractivity contribution in [3.8, 4) is 5.75 Å². The highest BCUT2D eigenvalue weighted by Gasteiger charge is 2.41. The Labute approximate surface area is 212 Å². The van der Waals surface area contributed by atoms with Crippen LogP contribution in [0.3, 0.4) is 0 Å². The summed E-state index contributed by atoms with van der Waals surface area (Å²) in [5, 5.41) is 21.6. The summed E-state index contributed by atoms with van der Waals surface area (Å²) >= 11 is 0. The molecule has 0 fully saturated rings. The molecule has 0 amide bonds. The third kappa shape index (κ3) is 6.41. The lowest BCUT2D eigenvalue weighted by Gasteiger charge is -2.32. The van der Waals surface area contributed by atoms with Crippen LogP contribution in [-0.2, 0) is 23.2 Å². The molecule has 2 unspecified atom stereocenters. The van der Waals surface area contributed by atoms with Gasteiger partial charge in [-0.25, -0.2) is 0 Å². The Kier molecular flexibility index (Phi) is 8.53. The Morgan fingerprint density at radius 2 is 1.31 bits per heavy atom. The standard InChI is InChI=1S/C32H32O4/c33-30(27-18-20-29(21-19-27)36-24-26-13-6-2-7-14-26)23-32(31(34)35,28-16-8-3-9-17-28)22-10-15-25-11-4-1-5-12-25/h1-9,11-14,16-21,30,33H,10,15,22-24H2,(H,34,35). The molecule has 36 heavy (non-hydrogen) atoms. The normalized spacial score (nSPS) is 13.5. The molecule has 0 aromatic heterocycles. The molecule has 0 heterocycles. The van der Waals surface area contributed by atoms with Crippen LogP contribution in [0.15, 0.2) is 115 Å². The van der Waals surface area contributed by atoms with E-state index in [4.69, 9.17) is 4.74 Å². The van der Waals surface area contributed by atoms with Crippen LogP contribution >= 0.6 is 0 Å². The Morgan fingerprint density at radius 1 is 0.750 bits per heavy atom. The van der Waals surface area contributed by atoms with Gasteiger partial charge in [0.15, 0.2) is 0 Å². The van der Waals surface area contributed by atoms with Crippen molar-refractivity contribution < 1.29 is 19.7 Å². The summed E-state index contributed by atoms with van der Waals surface area (Å²) in [6, 6.07) is 36.6. The minimum absolute atomic E-state index is 0.0886. The molecule has 2 atom stereocenters. The minimum atomic E-state index is -1.20. The van der Waals surface area contributed by atoms with Crippen LogP contribution in [-0.4, -0.2) is 16.2 Å². The van der Waals surface area contributed by atoms with Gasteiger partial charge in [-0.15, -0.1) is 0 Å². The molecule has 0 radical (unpaired) electrons. The highest BCUT2D eigenvalue weighted by molar-refractivity contribution is 5.81. The van der Waals surface area contributed by atoms with Gasteiger partial charge < -0.3 is 14.9 Å². The van der Waals surface area contributed by atoms with E-state index in [2.05, 4.69) is 12.1 Å². The first-order chi connectivity index (χ1) is 17.6. The summed E-state index contributed by atoms with van der Waals surface area (Å²) in [5.74, 6) is -0.214. The highest BCUT2D eigenvalue weighted by Crippen LogP contribution is 2.39. The number of aryl methyl sites for hydroxylation is 1. The second-order valence-corrected chi connectivity index (χ2v) is 9.16. The van der Waals surface area contributed by atoms with E-state index in [0.717, 1.165) is 12.0 Å². The summed E-state index contributed by atoms with van der Waals surface area (Å²) in [7, 11) is 0. The number of carbonyl (C=O) groups is 1. The maximum atomic E-state index is 12.8. The fourth-order valence-electron chi connectivity index (χ4n) is 4.65. The Balaban J connectivity index is 1.49. The molecular formula is C32H32O4. The summed E-state index contributed by atoms with van der Waals surface area (Å²) in [5.41, 5.74) is 2.44. The number of ether oxygens (including phenoxy) is 1. The van der Waals surface area contributed by atoms with Crippen molar-refractivity contribution >= 4 is 5.97 Å². The molecule has 4 rings (SSSR count). The zero-order valence-electron chi connectivity index (χ0n) is 20.3. The Morgan fingerprint density at radius 3 is 1.89 bits per heavy atom. The molecular weight excluding hydrogens is 448 g/mol. The number of rotatable bonds is 12. The number of aliphatic hydroxyl groups excluding tert-OH is 1. The molecule has 0 saturated heterocycles. The van der Waals surface area contributed by atoms with Gasteiger partial charge in [-0.3, -0.25) is 4.79 Å². The Bertz CT molecular complexity index is 1210. The lowest BCUT2D eigenvalue weighted by atomic mass is 9.71. The van der Waals surface area contributed by atoms with E-state index in [1.54, 1.807) is 0 Å². The van der Waals surface area contributed by atoms with Gasteiger partial charge in [-0.05, 0) is 60.1 Å². The van der Waals surface area contributed by atoms with Crippen LogP contribution in [0.2, 0.25) is 0 Å². The van der Waals surface area contributed by atoms with E-state index in [0.29, 0.717) is 36.3 Å². The number of hydrogen-bond donors (Lipinski definition) is 2. The highest BCUT2D eigenvalue weighted by atomic mass is 16.5. The summed E-state index contributed by atoms with van der Waals surface area (Å²) < 4.78 is 5.85. The number of aliphatic carboxylic acids is 1. The number of aliphatic hydroxyl groups is 1. The molecule has 4 nitrogen and oxygen atoms in total. The second-order valence-electron chi connectivity index (χ2n) is 9.16. The first-order valence-electron chi connectivity index (χ1n) is 12.3. The van der Waals surface area contributed by atoms with Crippen LogP contribution in [0, 0.1) is 0 Å². The maximum absolute atomic E-state index is 12.8. The quantitative estimate of drug-likeness (QED) is 0.236. The number of benzene rings is 4. The van der Waals surface area contributed by atoms with Crippen molar-refractivity contribution in [3.05, 3.63) is 138 Å². The molecule has 0 aliphatic rings. The Hall–Kier alpha value is -3.89. The van der Waals surface area contributed by atoms with Crippen LogP contribution in [0.5, 0.6) is 5.75 Å². The van der Waals surface area contributed by atoms with E-state index in [1.807, 2.05) is 103 Å². The van der Waals surface area contributed by atoms with Gasteiger partial charge in [-0.1, -0.05) is 103 Å². The van der Waals surface area contributed by atoms with Gasteiger partial charge in [0.25, 0.3) is 0 Å². The lowest BCUT2D eigenvalue weighted by Crippen LogP contribution is -2.37. The zero-order valence-corrected chi connectivity index (χ0v) is 20.3. The average Bonchev–Trinajstić information content (AvgIpc) is 2.93. The molecule has 2 N–H and O–H groups in total. The number of hydrogen-bond acceptors (Lipinski definition) is 3. The van der Waals surface area contributed by atoms with Gasteiger partial charge in [-0.2, -0.15) is 0 Å². The molecule has 4 heteroatoms. The molecule has 0 aliphatic heterocycles. The molecule has 184 valence electrons. The SMILES string of the molecule is O=C(O)C(CCCc1ccccc1)(CC(O)c1ccc(OCc2ccccc2)cc1)c1ccccc1. The maximum Gasteiger partial charge on any atom is 0.314 e. The summed E-state index contributed by atoms with van der Waals surface area (Å²) in [6.45, 7) is 0.459. The van der Waals surface area contributed by atoms with Crippen LogP contribution in [0.4, 0.5) is 0 Å². The predicted molar refractivity (Wildman–Crippen MR) is 142 cm³/mol. The van der Waals surface area contributed by atoms with Gasteiger partial charge >= 0.3 is 5.97 Å². The molecule has 0 aliphatic carbocycles.